The van der Waals surface area contributed by atoms with Crippen LogP contribution in [0, 0.1) is 0 Å². The number of nitrogens with zero attached hydrogens (tertiary/aromatic N) is 2. The molecule has 1 amide bonds. The fourth-order valence-electron chi connectivity index (χ4n) is 5.13. The van der Waals surface area contributed by atoms with Gasteiger partial charge in [0.05, 0.1) is 12.2 Å². The van der Waals surface area contributed by atoms with Crippen LogP contribution in [0.15, 0.2) is 71.3 Å². The third-order valence-corrected chi connectivity index (χ3v) is 7.81. The first-order valence-electron chi connectivity index (χ1n) is 12.4. The van der Waals surface area contributed by atoms with Crippen LogP contribution in [0.5, 0.6) is 11.5 Å². The van der Waals surface area contributed by atoms with Gasteiger partial charge in [-0.05, 0) is 61.7 Å². The maximum atomic E-state index is 13.7. The van der Waals surface area contributed by atoms with E-state index in [1.807, 2.05) is 68.4 Å². The molecular weight excluding hydrogens is 474 g/mol. The van der Waals surface area contributed by atoms with Crippen LogP contribution in [-0.2, 0) is 14.3 Å². The molecule has 5 rings (SSSR count). The van der Waals surface area contributed by atoms with Gasteiger partial charge in [-0.15, -0.1) is 0 Å². The number of hydrogen-bond acceptors (Lipinski definition) is 7. The van der Waals surface area contributed by atoms with Crippen molar-refractivity contribution in [1.29, 1.82) is 0 Å². The Kier molecular flexibility index (Phi) is 7.55. The van der Waals surface area contributed by atoms with E-state index >= 15 is 0 Å². The number of carbonyl (C=O) groups excluding carboxylic acids is 2. The molecule has 0 bridgehead atoms. The Labute approximate surface area is 215 Å². The lowest BCUT2D eigenvalue weighted by atomic mass is 9.98. The summed E-state index contributed by atoms with van der Waals surface area (Å²) in [7, 11) is 0. The molecule has 2 fully saturated rings. The summed E-state index contributed by atoms with van der Waals surface area (Å²) in [6.07, 6.45) is 4.12. The number of ether oxygens (including phenoxy) is 2. The van der Waals surface area contributed by atoms with Gasteiger partial charge in [0.1, 0.15) is 17.5 Å². The van der Waals surface area contributed by atoms with Gasteiger partial charge < -0.3 is 9.47 Å². The van der Waals surface area contributed by atoms with E-state index < -0.39 is 6.04 Å². The fourth-order valence-corrected chi connectivity index (χ4v) is 6.15. The Hall–Kier alpha value is -2.94. The number of fused-ring (bicyclic) bond motifs is 1. The first-order valence-corrected chi connectivity index (χ1v) is 13.3. The standard InChI is InChI=1S/C28H31N3O4S/c1-18-13-22(14-19(2)34-18)29-30-28(33)27(31-12-11-25-21(17-31)16-26(32)36-25)20-7-6-10-24(15-20)35-23-8-4-3-5-9-23/h3-10,15-16,18-19,25,27H,11-14,17H2,1-2H3,(H,30,33). The van der Waals surface area contributed by atoms with Crippen LogP contribution >= 0.6 is 11.8 Å². The van der Waals surface area contributed by atoms with Gasteiger partial charge in [0.25, 0.3) is 5.91 Å². The lowest BCUT2D eigenvalue weighted by molar-refractivity contribution is -0.126. The first-order chi connectivity index (χ1) is 17.4. The number of para-hydroxylation sites is 1. The average molecular weight is 506 g/mol. The van der Waals surface area contributed by atoms with Gasteiger partial charge in [-0.1, -0.05) is 42.1 Å². The van der Waals surface area contributed by atoms with E-state index in [-0.39, 0.29) is 28.5 Å². The zero-order valence-electron chi connectivity index (χ0n) is 20.6. The smallest absolute Gasteiger partial charge is 0.262 e. The molecule has 3 aliphatic rings. The Morgan fingerprint density at radius 3 is 2.64 bits per heavy atom. The summed E-state index contributed by atoms with van der Waals surface area (Å²) >= 11 is 1.39. The SMILES string of the molecule is CC1CC(=NNC(=O)C(c2cccc(Oc3ccccc3)c2)N2CCC3SC(=O)C=C3C2)CC(C)O1. The predicted octanol–water partition coefficient (Wildman–Crippen LogP) is 4.85. The number of piperidine rings is 1. The van der Waals surface area contributed by atoms with Crippen LogP contribution in [0.25, 0.3) is 0 Å². The molecule has 36 heavy (non-hydrogen) atoms. The zero-order chi connectivity index (χ0) is 25.1. The van der Waals surface area contributed by atoms with E-state index in [4.69, 9.17) is 9.47 Å². The van der Waals surface area contributed by atoms with Gasteiger partial charge in [-0.3, -0.25) is 14.5 Å². The highest BCUT2D eigenvalue weighted by Crippen LogP contribution is 2.38. The van der Waals surface area contributed by atoms with Crippen LogP contribution in [0.4, 0.5) is 0 Å². The maximum Gasteiger partial charge on any atom is 0.262 e. The van der Waals surface area contributed by atoms with E-state index in [9.17, 15) is 9.59 Å². The van der Waals surface area contributed by atoms with Gasteiger partial charge in [0, 0.05) is 36.9 Å². The van der Waals surface area contributed by atoms with Crippen molar-refractivity contribution in [3.8, 4) is 11.5 Å². The van der Waals surface area contributed by atoms with Crippen molar-refractivity contribution in [2.24, 2.45) is 5.10 Å². The molecule has 0 radical (unpaired) electrons. The average Bonchev–Trinajstić information content (AvgIpc) is 3.23. The number of hydrogen-bond donors (Lipinski definition) is 1. The number of rotatable bonds is 6. The van der Waals surface area contributed by atoms with E-state index in [0.29, 0.717) is 31.7 Å². The molecule has 3 heterocycles. The van der Waals surface area contributed by atoms with Gasteiger partial charge in [0.15, 0.2) is 0 Å². The molecule has 8 heteroatoms. The lowest BCUT2D eigenvalue weighted by Crippen LogP contribution is -2.44. The van der Waals surface area contributed by atoms with Crippen LogP contribution in [0.2, 0.25) is 0 Å². The second-order valence-electron chi connectivity index (χ2n) is 9.61. The third-order valence-electron chi connectivity index (χ3n) is 6.64. The van der Waals surface area contributed by atoms with E-state index in [0.717, 1.165) is 29.0 Å². The fraction of sp³-hybridized carbons (Fsp3) is 0.393. The van der Waals surface area contributed by atoms with E-state index in [1.165, 1.54) is 11.8 Å². The quantitative estimate of drug-likeness (QED) is 0.565. The molecule has 1 N–H and O–H groups in total. The zero-order valence-corrected chi connectivity index (χ0v) is 21.4. The van der Waals surface area contributed by atoms with Gasteiger partial charge in [-0.2, -0.15) is 5.10 Å². The minimum absolute atomic E-state index is 0.0791. The molecule has 2 aromatic rings. The summed E-state index contributed by atoms with van der Waals surface area (Å²) in [5.41, 5.74) is 5.70. The minimum Gasteiger partial charge on any atom is -0.457 e. The lowest BCUT2D eigenvalue weighted by Gasteiger charge is -2.36. The summed E-state index contributed by atoms with van der Waals surface area (Å²) in [5.74, 6) is 1.20. The number of benzene rings is 2. The number of amides is 1. The highest BCUT2D eigenvalue weighted by molar-refractivity contribution is 8.15. The highest BCUT2D eigenvalue weighted by Gasteiger charge is 2.37. The second-order valence-corrected chi connectivity index (χ2v) is 10.8. The molecule has 2 aromatic carbocycles. The Morgan fingerprint density at radius 1 is 1.11 bits per heavy atom. The highest BCUT2D eigenvalue weighted by atomic mass is 32.2. The third kappa shape index (κ3) is 5.88. The molecule has 188 valence electrons. The normalized spacial score (nSPS) is 25.1. The molecule has 2 saturated heterocycles. The van der Waals surface area contributed by atoms with Crippen LogP contribution in [-0.4, -0.2) is 52.2 Å². The minimum atomic E-state index is -0.564. The molecule has 0 aliphatic carbocycles. The van der Waals surface area contributed by atoms with Gasteiger partial charge in [0.2, 0.25) is 5.12 Å². The molecule has 7 nitrogen and oxygen atoms in total. The first kappa shape index (κ1) is 24.7. The molecule has 3 aliphatic heterocycles. The topological polar surface area (TPSA) is 80.2 Å². The Balaban J connectivity index is 1.40. The predicted molar refractivity (Wildman–Crippen MR) is 141 cm³/mol. The number of likely N-dealkylation sites (tertiary alicyclic amines) is 1. The van der Waals surface area contributed by atoms with Gasteiger partial charge in [-0.25, -0.2) is 5.43 Å². The maximum absolute atomic E-state index is 13.7. The van der Waals surface area contributed by atoms with Crippen LogP contribution < -0.4 is 10.2 Å². The molecule has 4 unspecified atom stereocenters. The number of nitrogens with one attached hydrogen (secondary N) is 1. The van der Waals surface area contributed by atoms with Crippen LogP contribution in [0.1, 0.15) is 44.7 Å². The van der Waals surface area contributed by atoms with Crippen molar-refractivity contribution in [3.63, 3.8) is 0 Å². The van der Waals surface area contributed by atoms with E-state index in [2.05, 4.69) is 15.4 Å². The van der Waals surface area contributed by atoms with Crippen LogP contribution in [0.3, 0.4) is 0 Å². The number of hydrazone groups is 1. The summed E-state index contributed by atoms with van der Waals surface area (Å²) in [6.45, 7) is 5.33. The molecule has 4 atom stereocenters. The van der Waals surface area contributed by atoms with Crippen molar-refractivity contribution < 1.29 is 19.1 Å². The summed E-state index contributed by atoms with van der Waals surface area (Å²) in [6, 6.07) is 16.7. The van der Waals surface area contributed by atoms with Crippen molar-refractivity contribution in [2.45, 2.75) is 56.6 Å². The Morgan fingerprint density at radius 2 is 1.86 bits per heavy atom. The Bertz CT molecular complexity index is 1170. The van der Waals surface area contributed by atoms with Crippen molar-refractivity contribution in [1.82, 2.24) is 10.3 Å². The van der Waals surface area contributed by atoms with Crippen molar-refractivity contribution in [2.75, 3.05) is 13.1 Å². The monoisotopic (exact) mass is 505 g/mol. The molecule has 0 aromatic heterocycles. The molecular formula is C28H31N3O4S. The molecule has 0 saturated carbocycles. The summed E-state index contributed by atoms with van der Waals surface area (Å²) < 4.78 is 11.8. The molecule has 0 spiro atoms. The largest absolute Gasteiger partial charge is 0.457 e. The number of carbonyl (C=O) groups is 2. The summed E-state index contributed by atoms with van der Waals surface area (Å²) in [4.78, 5) is 27.8. The summed E-state index contributed by atoms with van der Waals surface area (Å²) in [5, 5.41) is 4.82. The van der Waals surface area contributed by atoms with Crippen molar-refractivity contribution in [3.05, 3.63) is 71.8 Å². The van der Waals surface area contributed by atoms with E-state index in [1.54, 1.807) is 6.08 Å². The number of thioether (sulfide) groups is 1. The second kappa shape index (κ2) is 11.0. The van der Waals surface area contributed by atoms with Gasteiger partial charge >= 0.3 is 0 Å². The van der Waals surface area contributed by atoms with Crippen molar-refractivity contribution >= 4 is 28.5 Å².